The fourth-order valence-corrected chi connectivity index (χ4v) is 6.97. The van der Waals surface area contributed by atoms with Gasteiger partial charge in [0.2, 0.25) is 17.7 Å². The van der Waals surface area contributed by atoms with Crippen molar-refractivity contribution in [1.82, 2.24) is 25.7 Å². The summed E-state index contributed by atoms with van der Waals surface area (Å²) in [5.41, 5.74) is -0.638. The van der Waals surface area contributed by atoms with Crippen LogP contribution in [0.25, 0.3) is 21.7 Å². The number of amides is 3. The summed E-state index contributed by atoms with van der Waals surface area (Å²) in [6.45, 7) is 1.71. The minimum atomic E-state index is -1.43. The Balaban J connectivity index is 1.21. The number of carboxylic acids is 1. The van der Waals surface area contributed by atoms with Crippen molar-refractivity contribution in [2.45, 2.75) is 75.6 Å². The minimum Gasteiger partial charge on any atom is -0.479 e. The van der Waals surface area contributed by atoms with Crippen molar-refractivity contribution in [2.75, 3.05) is 6.54 Å². The highest BCUT2D eigenvalue weighted by Crippen LogP contribution is 2.45. The molecular weight excluding hydrogens is 614 g/mol. The first-order valence-electron chi connectivity index (χ1n) is 16.4. The van der Waals surface area contributed by atoms with Crippen LogP contribution < -0.4 is 15.4 Å². The SMILES string of the molecule is Cc1cc(C(=O)NC2CCCCCC=CC3CC3(C(=O)O)NC(=O)C3CC(Oc4nc5ccccc5c5ccccc45)CN3C2=O)no1. The molecule has 3 N–H and O–H groups in total. The number of pyridine rings is 1. The van der Waals surface area contributed by atoms with Crippen LogP contribution in [0, 0.1) is 12.8 Å². The normalized spacial score (nSPS) is 26.2. The van der Waals surface area contributed by atoms with E-state index in [-0.39, 0.29) is 31.0 Å². The highest BCUT2D eigenvalue weighted by atomic mass is 16.5. The molecule has 2 aromatic heterocycles. The molecule has 12 heteroatoms. The van der Waals surface area contributed by atoms with E-state index in [0.29, 0.717) is 24.5 Å². The lowest BCUT2D eigenvalue weighted by Gasteiger charge is -2.29. The summed E-state index contributed by atoms with van der Waals surface area (Å²) in [6, 6.07) is 15.0. The fraction of sp³-hybridized carbons (Fsp3) is 0.389. The van der Waals surface area contributed by atoms with Gasteiger partial charge < -0.3 is 29.9 Å². The van der Waals surface area contributed by atoms with Crippen molar-refractivity contribution in [3.63, 3.8) is 0 Å². The highest BCUT2D eigenvalue weighted by Gasteiger charge is 2.61. The number of ether oxygens (including phenoxy) is 1. The Morgan fingerprint density at radius 2 is 1.83 bits per heavy atom. The van der Waals surface area contributed by atoms with Gasteiger partial charge in [-0.2, -0.15) is 0 Å². The van der Waals surface area contributed by atoms with Crippen molar-refractivity contribution in [3.05, 3.63) is 78.2 Å². The summed E-state index contributed by atoms with van der Waals surface area (Å²) in [6.07, 6.45) is 6.97. The number of carbonyl (C=O) groups is 4. The molecule has 3 aliphatic rings. The van der Waals surface area contributed by atoms with Crippen LogP contribution in [-0.4, -0.2) is 74.1 Å². The van der Waals surface area contributed by atoms with Gasteiger partial charge in [-0.1, -0.05) is 66.5 Å². The average Bonchev–Trinajstić information content (AvgIpc) is 3.36. The van der Waals surface area contributed by atoms with Crippen LogP contribution in [-0.2, 0) is 14.4 Å². The van der Waals surface area contributed by atoms with Crippen LogP contribution in [0.5, 0.6) is 5.88 Å². The molecule has 48 heavy (non-hydrogen) atoms. The smallest absolute Gasteiger partial charge is 0.330 e. The Morgan fingerprint density at radius 1 is 1.06 bits per heavy atom. The van der Waals surface area contributed by atoms with Gasteiger partial charge >= 0.3 is 5.97 Å². The predicted molar refractivity (Wildman–Crippen MR) is 175 cm³/mol. The van der Waals surface area contributed by atoms with E-state index in [1.807, 2.05) is 60.7 Å². The first-order chi connectivity index (χ1) is 23.2. The largest absolute Gasteiger partial charge is 0.479 e. The molecule has 4 heterocycles. The molecule has 0 spiro atoms. The topological polar surface area (TPSA) is 164 Å². The van der Waals surface area contributed by atoms with Crippen LogP contribution in [0.15, 0.2) is 71.3 Å². The Kier molecular flexibility index (Phi) is 8.32. The molecule has 1 saturated heterocycles. The van der Waals surface area contributed by atoms with E-state index in [1.165, 1.54) is 11.0 Å². The van der Waals surface area contributed by atoms with Crippen molar-refractivity contribution in [3.8, 4) is 5.88 Å². The monoisotopic (exact) mass is 651 g/mol. The van der Waals surface area contributed by atoms with Crippen molar-refractivity contribution < 1.29 is 33.5 Å². The number of allylic oxidation sites excluding steroid dienone is 1. The summed E-state index contributed by atoms with van der Waals surface area (Å²) in [5.74, 6) is -2.20. The average molecular weight is 652 g/mol. The number of hydrogen-bond acceptors (Lipinski definition) is 8. The third kappa shape index (κ3) is 5.98. The number of carboxylic acid groups (broad SMARTS) is 1. The number of nitrogens with zero attached hydrogens (tertiary/aromatic N) is 3. The second-order valence-electron chi connectivity index (χ2n) is 13.0. The zero-order valence-corrected chi connectivity index (χ0v) is 26.6. The molecule has 248 valence electrons. The van der Waals surface area contributed by atoms with Crippen molar-refractivity contribution >= 4 is 45.4 Å². The van der Waals surface area contributed by atoms with Crippen LogP contribution in [0.2, 0.25) is 0 Å². The number of carbonyl (C=O) groups excluding carboxylic acids is 3. The number of nitrogens with one attached hydrogen (secondary N) is 2. The van der Waals surface area contributed by atoms with E-state index in [2.05, 4.69) is 15.8 Å². The van der Waals surface area contributed by atoms with Crippen LogP contribution in [0.3, 0.4) is 0 Å². The molecule has 4 aromatic rings. The third-order valence-corrected chi connectivity index (χ3v) is 9.64. The van der Waals surface area contributed by atoms with Crippen LogP contribution in [0.1, 0.15) is 61.2 Å². The van der Waals surface area contributed by atoms with Crippen LogP contribution >= 0.6 is 0 Å². The summed E-state index contributed by atoms with van der Waals surface area (Å²) >= 11 is 0. The number of fused-ring (bicyclic) bond motifs is 5. The van der Waals surface area contributed by atoms with Gasteiger partial charge in [-0.15, -0.1) is 0 Å². The number of benzene rings is 2. The zero-order chi connectivity index (χ0) is 33.4. The molecule has 1 saturated carbocycles. The molecule has 2 aliphatic heterocycles. The van der Waals surface area contributed by atoms with Crippen molar-refractivity contribution in [1.29, 1.82) is 0 Å². The molecule has 2 fully saturated rings. The maximum absolute atomic E-state index is 14.4. The first-order valence-corrected chi connectivity index (χ1v) is 16.4. The molecule has 12 nitrogen and oxygen atoms in total. The zero-order valence-electron chi connectivity index (χ0n) is 26.6. The molecule has 1 aliphatic carbocycles. The van der Waals surface area contributed by atoms with Gasteiger partial charge in [0.25, 0.3) is 5.91 Å². The Bertz CT molecular complexity index is 1940. The van der Waals surface area contributed by atoms with E-state index in [4.69, 9.17) is 14.2 Å². The standard InChI is InChI=1S/C36H37N5O7/c1-21-17-29(40-48-21)31(42)37-28-16-6-4-2-3-5-11-22-19-36(22,35(45)46)39-32(43)30-18-23(20-41(30)34(28)44)47-33-26-14-8-7-12-24(26)25-13-9-10-15-27(25)38-33/h5,7-15,17,22-23,28,30H,2-4,6,16,18-20H2,1H3,(H,37,42)(H,39,43)(H,45,46). The van der Waals surface area contributed by atoms with Gasteiger partial charge in [-0.05, 0) is 50.1 Å². The molecular formula is C36H37N5O7. The lowest BCUT2D eigenvalue weighted by Crippen LogP contribution is -2.56. The van der Waals surface area contributed by atoms with Crippen molar-refractivity contribution in [2.24, 2.45) is 5.92 Å². The molecule has 2 aromatic carbocycles. The lowest BCUT2D eigenvalue weighted by atomic mass is 10.0. The second kappa shape index (κ2) is 12.7. The molecule has 3 amide bonds. The summed E-state index contributed by atoms with van der Waals surface area (Å²) in [5, 5.41) is 22.3. The third-order valence-electron chi connectivity index (χ3n) is 9.64. The molecule has 5 atom stereocenters. The van der Waals surface area contributed by atoms with E-state index in [1.54, 1.807) is 6.92 Å². The van der Waals surface area contributed by atoms with Gasteiger partial charge in [0.1, 0.15) is 29.5 Å². The first kappa shape index (κ1) is 31.3. The predicted octanol–water partition coefficient (Wildman–Crippen LogP) is 4.31. The van der Waals surface area contributed by atoms with E-state index >= 15 is 0 Å². The van der Waals surface area contributed by atoms with Gasteiger partial charge in [-0.25, -0.2) is 9.78 Å². The quantitative estimate of drug-likeness (QED) is 0.211. The summed E-state index contributed by atoms with van der Waals surface area (Å²) in [7, 11) is 0. The number of aromatic nitrogens is 2. The second-order valence-corrected chi connectivity index (χ2v) is 13.0. The van der Waals surface area contributed by atoms with Crippen LogP contribution in [0.4, 0.5) is 0 Å². The number of hydrogen-bond donors (Lipinski definition) is 3. The number of rotatable bonds is 5. The fourth-order valence-electron chi connectivity index (χ4n) is 6.97. The Hall–Kier alpha value is -5.26. The maximum Gasteiger partial charge on any atom is 0.330 e. The highest BCUT2D eigenvalue weighted by molar-refractivity contribution is 6.07. The van der Waals surface area contributed by atoms with Gasteiger partial charge in [-0.3, -0.25) is 14.4 Å². The number of aliphatic carboxylic acids is 1. The van der Waals surface area contributed by atoms with E-state index < -0.39 is 47.4 Å². The van der Waals surface area contributed by atoms with Gasteiger partial charge in [0, 0.05) is 29.2 Å². The minimum absolute atomic E-state index is 0.0403. The number of aryl methyl sites for hydroxylation is 1. The van der Waals surface area contributed by atoms with Gasteiger partial charge in [0.05, 0.1) is 12.1 Å². The van der Waals surface area contributed by atoms with Gasteiger partial charge in [0.15, 0.2) is 5.69 Å². The molecule has 5 unspecified atom stereocenters. The summed E-state index contributed by atoms with van der Waals surface area (Å²) in [4.78, 5) is 60.2. The van der Waals surface area contributed by atoms with E-state index in [0.717, 1.165) is 40.9 Å². The number of para-hydroxylation sites is 1. The Morgan fingerprint density at radius 3 is 2.60 bits per heavy atom. The Labute approximate surface area is 276 Å². The molecule has 0 bridgehead atoms. The molecule has 7 rings (SSSR count). The molecule has 0 radical (unpaired) electrons. The maximum atomic E-state index is 14.4. The van der Waals surface area contributed by atoms with E-state index in [9.17, 15) is 24.3 Å². The lowest BCUT2D eigenvalue weighted by molar-refractivity contribution is -0.145. The summed E-state index contributed by atoms with van der Waals surface area (Å²) < 4.78 is 11.6.